The van der Waals surface area contributed by atoms with Crippen LogP contribution < -0.4 is 5.64 Å². The first-order valence-corrected chi connectivity index (χ1v) is 4.93. The van der Waals surface area contributed by atoms with Crippen molar-refractivity contribution in [3.8, 4) is 0 Å². The van der Waals surface area contributed by atoms with Crippen molar-refractivity contribution in [2.75, 3.05) is 0 Å². The summed E-state index contributed by atoms with van der Waals surface area (Å²) in [6, 6.07) is 0. The van der Waals surface area contributed by atoms with Crippen LogP contribution in [0.4, 0.5) is 0 Å². The molecule has 21 heavy (non-hydrogen) atoms. The lowest BCUT2D eigenvalue weighted by molar-refractivity contribution is -0.252. The molecular formula is C8H11NO12. The minimum absolute atomic E-state index is 1.21. The summed E-state index contributed by atoms with van der Waals surface area (Å²) in [6.07, 6.45) is -9.82. The lowest BCUT2D eigenvalue weighted by Crippen LogP contribution is -2.48. The van der Waals surface area contributed by atoms with Crippen molar-refractivity contribution in [2.24, 2.45) is 0 Å². The van der Waals surface area contributed by atoms with Gasteiger partial charge in [-0.1, -0.05) is 5.64 Å². The molecule has 0 amide bonds. The van der Waals surface area contributed by atoms with Gasteiger partial charge in [-0.15, -0.1) is 0 Å². The Hall–Kier alpha value is -2.32. The van der Waals surface area contributed by atoms with Crippen LogP contribution in [-0.2, 0) is 28.9 Å². The summed E-state index contributed by atoms with van der Waals surface area (Å²) in [5.41, 5.74) is 1.21. The molecule has 0 fully saturated rings. The molecule has 0 saturated carbocycles. The molecule has 0 aromatic carbocycles. The van der Waals surface area contributed by atoms with Gasteiger partial charge in [-0.2, -0.15) is 0 Å². The minimum Gasteiger partial charge on any atom is -0.479 e. The van der Waals surface area contributed by atoms with E-state index in [1.165, 1.54) is 5.64 Å². The third kappa shape index (κ3) is 5.67. The second-order valence-corrected chi connectivity index (χ2v) is 3.40. The second-order valence-electron chi connectivity index (χ2n) is 3.40. The highest BCUT2D eigenvalue weighted by molar-refractivity contribution is 5.84. The molecule has 0 spiro atoms. The van der Waals surface area contributed by atoms with Crippen molar-refractivity contribution in [1.29, 1.82) is 0 Å². The number of hydrogen-bond donors (Lipinski definition) is 7. The number of aliphatic hydroxyl groups excluding tert-OH is 2. The van der Waals surface area contributed by atoms with Crippen molar-refractivity contribution >= 4 is 23.9 Å². The van der Waals surface area contributed by atoms with Crippen molar-refractivity contribution in [3.63, 3.8) is 0 Å². The molecule has 0 heterocycles. The average molecular weight is 313 g/mol. The van der Waals surface area contributed by atoms with Crippen LogP contribution in [0.25, 0.3) is 0 Å². The van der Waals surface area contributed by atoms with Crippen LogP contribution in [0.3, 0.4) is 0 Å². The molecule has 0 rings (SSSR count). The third-order valence-electron chi connectivity index (χ3n) is 1.92. The van der Waals surface area contributed by atoms with Crippen LogP contribution in [0.2, 0.25) is 0 Å². The summed E-state index contributed by atoms with van der Waals surface area (Å²) < 4.78 is 0. The van der Waals surface area contributed by atoms with Crippen LogP contribution in [0.5, 0.6) is 0 Å². The lowest BCUT2D eigenvalue weighted by atomic mass is 10.2. The number of nitrogens with one attached hydrogen (secondary N) is 1. The Morgan fingerprint density at radius 3 is 1.14 bits per heavy atom. The van der Waals surface area contributed by atoms with E-state index in [0.717, 1.165) is 0 Å². The lowest BCUT2D eigenvalue weighted by Gasteiger charge is -2.19. The Bertz CT molecular complexity index is 383. The van der Waals surface area contributed by atoms with Crippen LogP contribution in [0.1, 0.15) is 0 Å². The van der Waals surface area contributed by atoms with Gasteiger partial charge >= 0.3 is 23.9 Å². The van der Waals surface area contributed by atoms with E-state index >= 15 is 0 Å². The Morgan fingerprint density at radius 1 is 0.667 bits per heavy atom. The van der Waals surface area contributed by atoms with Gasteiger partial charge < -0.3 is 30.6 Å². The summed E-state index contributed by atoms with van der Waals surface area (Å²) in [4.78, 5) is 50.1. The Balaban J connectivity index is 4.67. The predicted octanol–water partition coefficient (Wildman–Crippen LogP) is -3.76. The van der Waals surface area contributed by atoms with Gasteiger partial charge in [-0.3, -0.25) is 9.68 Å². The van der Waals surface area contributed by atoms with Crippen molar-refractivity contribution in [1.82, 2.24) is 5.64 Å². The standard InChI is InChI=1S/C8H11NO12/c10-1(5(12)13)3(7(16)17)20-9-21-4(8(18)19)2(11)6(14)15/h1-4,9-11H,(H,12,13)(H,14,15)(H,16,17)(H,18,19). The van der Waals surface area contributed by atoms with Crippen molar-refractivity contribution in [2.45, 2.75) is 24.4 Å². The first-order chi connectivity index (χ1) is 9.59. The number of aliphatic carboxylic acids is 4. The van der Waals surface area contributed by atoms with Gasteiger partial charge in [-0.25, -0.2) is 19.2 Å². The van der Waals surface area contributed by atoms with Gasteiger partial charge in [0.05, 0.1) is 0 Å². The van der Waals surface area contributed by atoms with E-state index in [4.69, 9.17) is 30.6 Å². The molecule has 0 aromatic rings. The normalized spacial score (nSPS) is 16.5. The van der Waals surface area contributed by atoms with Crippen LogP contribution in [-0.4, -0.2) is 78.9 Å². The highest BCUT2D eigenvalue weighted by atomic mass is 16.9. The monoisotopic (exact) mass is 313 g/mol. The van der Waals surface area contributed by atoms with E-state index in [2.05, 4.69) is 9.68 Å². The quantitative estimate of drug-likeness (QED) is 0.193. The largest absolute Gasteiger partial charge is 0.479 e. The van der Waals surface area contributed by atoms with Crippen LogP contribution >= 0.6 is 0 Å². The highest BCUT2D eigenvalue weighted by Gasteiger charge is 2.36. The van der Waals surface area contributed by atoms with Crippen molar-refractivity contribution in [3.05, 3.63) is 0 Å². The van der Waals surface area contributed by atoms with E-state index in [9.17, 15) is 19.2 Å². The van der Waals surface area contributed by atoms with E-state index in [1.54, 1.807) is 0 Å². The van der Waals surface area contributed by atoms with E-state index in [1.807, 2.05) is 0 Å². The first kappa shape index (κ1) is 18.7. The van der Waals surface area contributed by atoms with Gasteiger partial charge in [0.2, 0.25) is 12.2 Å². The molecule has 0 bridgehead atoms. The summed E-state index contributed by atoms with van der Waals surface area (Å²) in [7, 11) is 0. The smallest absolute Gasteiger partial charge is 0.338 e. The Morgan fingerprint density at radius 2 is 0.952 bits per heavy atom. The fourth-order valence-electron chi connectivity index (χ4n) is 0.890. The zero-order chi connectivity index (χ0) is 16.7. The molecule has 0 aliphatic carbocycles. The molecular weight excluding hydrogens is 302 g/mol. The van der Waals surface area contributed by atoms with Crippen LogP contribution in [0, 0.1) is 0 Å². The number of carbonyl (C=O) groups is 4. The number of hydrogen-bond acceptors (Lipinski definition) is 9. The molecule has 0 aliphatic heterocycles. The van der Waals surface area contributed by atoms with E-state index < -0.39 is 48.3 Å². The summed E-state index contributed by atoms with van der Waals surface area (Å²) in [5, 5.41) is 51.8. The fourth-order valence-corrected chi connectivity index (χ4v) is 0.890. The molecule has 13 nitrogen and oxygen atoms in total. The van der Waals surface area contributed by atoms with Crippen molar-refractivity contribution < 1.29 is 59.5 Å². The molecule has 7 N–H and O–H groups in total. The molecule has 13 heteroatoms. The number of carboxylic acid groups (broad SMARTS) is 4. The maximum Gasteiger partial charge on any atom is 0.338 e. The van der Waals surface area contributed by atoms with Gasteiger partial charge in [0.1, 0.15) is 0 Å². The molecule has 0 aromatic heterocycles. The zero-order valence-corrected chi connectivity index (χ0v) is 9.94. The highest BCUT2D eigenvalue weighted by Crippen LogP contribution is 2.02. The Labute approximate surface area is 114 Å². The van der Waals surface area contributed by atoms with Gasteiger partial charge in [0.25, 0.3) is 0 Å². The maximum atomic E-state index is 10.6. The SMILES string of the molecule is O=C(O)C(O)C(ONOC(C(=O)O)C(O)C(=O)O)C(=O)O. The Kier molecular flexibility index (Phi) is 7.18. The van der Waals surface area contributed by atoms with E-state index in [0.29, 0.717) is 0 Å². The molecule has 0 saturated heterocycles. The number of rotatable bonds is 10. The summed E-state index contributed by atoms with van der Waals surface area (Å²) in [5.74, 6) is -7.78. The van der Waals surface area contributed by atoms with Gasteiger partial charge in [-0.05, 0) is 0 Å². The number of carboxylic acids is 4. The average Bonchev–Trinajstić information content (AvgIpc) is 2.36. The maximum absolute atomic E-state index is 10.6. The third-order valence-corrected chi connectivity index (χ3v) is 1.92. The molecule has 120 valence electrons. The second kappa shape index (κ2) is 8.08. The van der Waals surface area contributed by atoms with Gasteiger partial charge in [0, 0.05) is 0 Å². The predicted molar refractivity (Wildman–Crippen MR) is 55.4 cm³/mol. The fraction of sp³-hybridized carbons (Fsp3) is 0.500. The van der Waals surface area contributed by atoms with E-state index in [-0.39, 0.29) is 0 Å². The van der Waals surface area contributed by atoms with Crippen LogP contribution in [0.15, 0.2) is 0 Å². The zero-order valence-electron chi connectivity index (χ0n) is 9.94. The topological polar surface area (TPSA) is 220 Å². The first-order valence-electron chi connectivity index (χ1n) is 4.93. The molecule has 4 unspecified atom stereocenters. The summed E-state index contributed by atoms with van der Waals surface area (Å²) >= 11 is 0. The minimum atomic E-state index is -2.52. The molecule has 4 atom stereocenters. The number of aliphatic hydroxyl groups is 2. The molecule has 0 aliphatic rings. The van der Waals surface area contributed by atoms with Gasteiger partial charge in [0.15, 0.2) is 12.2 Å². The molecule has 0 radical (unpaired) electrons. The summed E-state index contributed by atoms with van der Waals surface area (Å²) in [6.45, 7) is 0.